The Kier molecular flexibility index (Phi) is 3.99. The molecule has 2 rings (SSSR count). The largest absolute Gasteiger partial charge is 0.329 e. The van der Waals surface area contributed by atoms with Gasteiger partial charge in [0.25, 0.3) is 0 Å². The zero-order valence-electron chi connectivity index (χ0n) is 10.4. The van der Waals surface area contributed by atoms with E-state index in [4.69, 9.17) is 0 Å². The highest BCUT2D eigenvalue weighted by atomic mass is 32.2. The Morgan fingerprint density at radius 3 is 2.56 bits per heavy atom. The van der Waals surface area contributed by atoms with Gasteiger partial charge in [0.1, 0.15) is 12.4 Å². The van der Waals surface area contributed by atoms with E-state index in [-0.39, 0.29) is 5.82 Å². The SMILES string of the molecule is CS(=O)(=O)N1CC[NH+](Cc2cccc(F)c2)CC1. The first-order valence-corrected chi connectivity index (χ1v) is 7.83. The molecular weight excluding hydrogens is 255 g/mol. The zero-order chi connectivity index (χ0) is 13.2. The highest BCUT2D eigenvalue weighted by molar-refractivity contribution is 7.88. The average Bonchev–Trinajstić information content (AvgIpc) is 2.28. The molecule has 1 aromatic carbocycles. The van der Waals surface area contributed by atoms with E-state index in [1.807, 2.05) is 6.07 Å². The van der Waals surface area contributed by atoms with Gasteiger partial charge in [-0.15, -0.1) is 0 Å². The molecule has 1 saturated heterocycles. The molecule has 100 valence electrons. The first-order valence-electron chi connectivity index (χ1n) is 5.98. The molecule has 6 heteroatoms. The van der Waals surface area contributed by atoms with Gasteiger partial charge in [-0.05, 0) is 12.1 Å². The summed E-state index contributed by atoms with van der Waals surface area (Å²) in [5.74, 6) is -0.221. The number of nitrogens with zero attached hydrogens (tertiary/aromatic N) is 1. The minimum Gasteiger partial charge on any atom is -0.329 e. The number of hydrogen-bond donors (Lipinski definition) is 1. The van der Waals surface area contributed by atoms with Crippen molar-refractivity contribution >= 4 is 10.0 Å². The number of piperazine rings is 1. The first-order chi connectivity index (χ1) is 8.45. The van der Waals surface area contributed by atoms with Crippen LogP contribution in [0.4, 0.5) is 4.39 Å². The Bertz CT molecular complexity index is 511. The standard InChI is InChI=1S/C12H17FN2O2S/c1-18(16,17)15-7-5-14(6-8-15)10-11-3-2-4-12(13)9-11/h2-4,9H,5-8,10H2,1H3/p+1. The lowest BCUT2D eigenvalue weighted by Gasteiger charge is -2.30. The summed E-state index contributed by atoms with van der Waals surface area (Å²) in [6.07, 6.45) is 1.24. The van der Waals surface area contributed by atoms with E-state index in [0.29, 0.717) is 13.1 Å². The summed E-state index contributed by atoms with van der Waals surface area (Å²) in [6.45, 7) is 3.37. The molecule has 0 amide bonds. The second-order valence-electron chi connectivity index (χ2n) is 4.72. The molecule has 1 aromatic rings. The smallest absolute Gasteiger partial charge is 0.211 e. The van der Waals surface area contributed by atoms with Gasteiger partial charge >= 0.3 is 0 Å². The van der Waals surface area contributed by atoms with Crippen molar-refractivity contribution in [2.24, 2.45) is 0 Å². The lowest BCUT2D eigenvalue weighted by Crippen LogP contribution is -3.13. The maximum Gasteiger partial charge on any atom is 0.211 e. The summed E-state index contributed by atoms with van der Waals surface area (Å²) in [4.78, 5) is 1.29. The molecule has 1 N–H and O–H groups in total. The molecule has 0 aliphatic carbocycles. The minimum absolute atomic E-state index is 0.221. The van der Waals surface area contributed by atoms with Crippen LogP contribution in [0.25, 0.3) is 0 Å². The second kappa shape index (κ2) is 5.34. The molecule has 0 aromatic heterocycles. The molecule has 1 fully saturated rings. The van der Waals surface area contributed by atoms with Gasteiger partial charge in [-0.25, -0.2) is 12.8 Å². The van der Waals surface area contributed by atoms with E-state index >= 15 is 0 Å². The molecule has 0 spiro atoms. The maximum absolute atomic E-state index is 13.0. The summed E-state index contributed by atoms with van der Waals surface area (Å²) < 4.78 is 37.3. The van der Waals surface area contributed by atoms with Gasteiger partial charge in [0, 0.05) is 5.56 Å². The lowest BCUT2D eigenvalue weighted by molar-refractivity contribution is -0.917. The van der Waals surface area contributed by atoms with Crippen molar-refractivity contribution in [3.8, 4) is 0 Å². The normalized spacial score (nSPS) is 19.0. The Hall–Kier alpha value is -0.980. The van der Waals surface area contributed by atoms with Crippen LogP contribution in [0.15, 0.2) is 24.3 Å². The van der Waals surface area contributed by atoms with Gasteiger partial charge in [0.15, 0.2) is 0 Å². The van der Waals surface area contributed by atoms with E-state index < -0.39 is 10.0 Å². The molecule has 0 bridgehead atoms. The highest BCUT2D eigenvalue weighted by Crippen LogP contribution is 2.02. The minimum atomic E-state index is -3.07. The third-order valence-corrected chi connectivity index (χ3v) is 4.54. The molecule has 1 aliphatic rings. The maximum atomic E-state index is 13.0. The Labute approximate surface area is 107 Å². The third-order valence-electron chi connectivity index (χ3n) is 3.24. The van der Waals surface area contributed by atoms with E-state index in [0.717, 1.165) is 25.2 Å². The predicted molar refractivity (Wildman–Crippen MR) is 67.2 cm³/mol. The van der Waals surface area contributed by atoms with Gasteiger partial charge in [0.2, 0.25) is 10.0 Å². The number of sulfonamides is 1. The van der Waals surface area contributed by atoms with Crippen LogP contribution >= 0.6 is 0 Å². The van der Waals surface area contributed by atoms with Crippen LogP contribution in [0.3, 0.4) is 0 Å². The highest BCUT2D eigenvalue weighted by Gasteiger charge is 2.25. The van der Waals surface area contributed by atoms with Gasteiger partial charge in [-0.2, -0.15) is 4.31 Å². The lowest BCUT2D eigenvalue weighted by atomic mass is 10.2. The van der Waals surface area contributed by atoms with Crippen LogP contribution < -0.4 is 4.90 Å². The van der Waals surface area contributed by atoms with E-state index in [9.17, 15) is 12.8 Å². The first kappa shape index (κ1) is 13.5. The molecule has 1 heterocycles. The molecule has 0 unspecified atom stereocenters. The summed E-state index contributed by atoms with van der Waals surface area (Å²) in [6, 6.07) is 6.58. The van der Waals surface area contributed by atoms with Crippen LogP contribution in [0.2, 0.25) is 0 Å². The summed E-state index contributed by atoms with van der Waals surface area (Å²) >= 11 is 0. The summed E-state index contributed by atoms with van der Waals surface area (Å²) in [5.41, 5.74) is 0.956. The molecule has 18 heavy (non-hydrogen) atoms. The Balaban J connectivity index is 1.91. The van der Waals surface area contributed by atoms with Crippen molar-refractivity contribution in [2.45, 2.75) is 6.54 Å². The van der Waals surface area contributed by atoms with Crippen molar-refractivity contribution in [1.29, 1.82) is 0 Å². The fraction of sp³-hybridized carbons (Fsp3) is 0.500. The van der Waals surface area contributed by atoms with Crippen LogP contribution in [0.1, 0.15) is 5.56 Å². The number of nitrogens with one attached hydrogen (secondary N) is 1. The van der Waals surface area contributed by atoms with Crippen LogP contribution in [0, 0.1) is 5.82 Å². The number of halogens is 1. The third kappa shape index (κ3) is 3.51. The van der Waals surface area contributed by atoms with Crippen LogP contribution in [-0.2, 0) is 16.6 Å². The molecule has 0 atom stereocenters. The second-order valence-corrected chi connectivity index (χ2v) is 6.70. The predicted octanol–water partition coefficient (Wildman–Crippen LogP) is -0.514. The topological polar surface area (TPSA) is 41.8 Å². The molecule has 1 aliphatic heterocycles. The van der Waals surface area contributed by atoms with Crippen LogP contribution in [-0.4, -0.2) is 45.2 Å². The van der Waals surface area contributed by atoms with E-state index in [2.05, 4.69) is 0 Å². The number of benzene rings is 1. The number of quaternary nitrogens is 1. The molecular formula is C12H18FN2O2S+. The Morgan fingerprint density at radius 1 is 1.33 bits per heavy atom. The molecule has 0 radical (unpaired) electrons. The molecule has 4 nitrogen and oxygen atoms in total. The monoisotopic (exact) mass is 273 g/mol. The van der Waals surface area contributed by atoms with Crippen molar-refractivity contribution in [2.75, 3.05) is 32.4 Å². The number of hydrogen-bond acceptors (Lipinski definition) is 2. The Morgan fingerprint density at radius 2 is 2.00 bits per heavy atom. The van der Waals surface area contributed by atoms with E-state index in [1.165, 1.54) is 27.6 Å². The number of rotatable bonds is 3. The molecule has 0 saturated carbocycles. The van der Waals surface area contributed by atoms with Crippen LogP contribution in [0.5, 0.6) is 0 Å². The van der Waals surface area contributed by atoms with Crippen molar-refractivity contribution < 1.29 is 17.7 Å². The average molecular weight is 273 g/mol. The summed E-state index contributed by atoms with van der Waals surface area (Å²) in [5, 5.41) is 0. The van der Waals surface area contributed by atoms with Gasteiger partial charge in [-0.1, -0.05) is 12.1 Å². The fourth-order valence-electron chi connectivity index (χ4n) is 2.25. The van der Waals surface area contributed by atoms with Crippen molar-refractivity contribution in [1.82, 2.24) is 4.31 Å². The quantitative estimate of drug-likeness (QED) is 0.806. The van der Waals surface area contributed by atoms with Gasteiger partial charge in [-0.3, -0.25) is 0 Å². The van der Waals surface area contributed by atoms with Gasteiger partial charge in [0.05, 0.1) is 32.4 Å². The van der Waals surface area contributed by atoms with Crippen molar-refractivity contribution in [3.63, 3.8) is 0 Å². The van der Waals surface area contributed by atoms with Crippen molar-refractivity contribution in [3.05, 3.63) is 35.6 Å². The summed E-state index contributed by atoms with van der Waals surface area (Å²) in [7, 11) is -3.07. The van der Waals surface area contributed by atoms with E-state index in [1.54, 1.807) is 6.07 Å². The fourth-order valence-corrected chi connectivity index (χ4v) is 3.09. The zero-order valence-corrected chi connectivity index (χ0v) is 11.2. The van der Waals surface area contributed by atoms with Gasteiger partial charge < -0.3 is 4.90 Å².